The van der Waals surface area contributed by atoms with Gasteiger partial charge in [0.25, 0.3) is 0 Å². The van der Waals surface area contributed by atoms with E-state index in [1.807, 2.05) is 0 Å². The van der Waals surface area contributed by atoms with Crippen LogP contribution in [0.25, 0.3) is 0 Å². The zero-order valence-electron chi connectivity index (χ0n) is 11.5. The van der Waals surface area contributed by atoms with Crippen molar-refractivity contribution in [3.8, 4) is 0 Å². The number of hydrogen-bond donors (Lipinski definition) is 0. The van der Waals surface area contributed by atoms with Crippen LogP contribution < -0.4 is 0 Å². The van der Waals surface area contributed by atoms with E-state index in [1.165, 1.54) is 6.92 Å². The first-order valence-electron chi connectivity index (χ1n) is 6.34. The molecule has 0 spiro atoms. The monoisotopic (exact) mass is 292 g/mol. The van der Waals surface area contributed by atoms with Crippen molar-refractivity contribution in [2.75, 3.05) is 19.6 Å². The Morgan fingerprint density at radius 2 is 1.79 bits per heavy atom. The molecule has 0 N–H and O–H groups in total. The van der Waals surface area contributed by atoms with Crippen molar-refractivity contribution in [1.29, 1.82) is 0 Å². The Morgan fingerprint density at radius 3 is 2.32 bits per heavy atom. The summed E-state index contributed by atoms with van der Waals surface area (Å²) in [6.07, 6.45) is 3.46. The van der Waals surface area contributed by atoms with Crippen molar-refractivity contribution in [3.05, 3.63) is 12.2 Å². The van der Waals surface area contributed by atoms with Gasteiger partial charge in [0.05, 0.1) is 19.3 Å². The fraction of sp³-hybridized carbons (Fsp3) is 0.750. The van der Waals surface area contributed by atoms with Crippen LogP contribution in [0.2, 0.25) is 0 Å². The lowest BCUT2D eigenvalue weighted by Gasteiger charge is -2.19. The van der Waals surface area contributed by atoms with Crippen LogP contribution in [0.3, 0.4) is 0 Å². The Hall–Kier alpha value is -0.680. The molecule has 0 amide bonds. The van der Waals surface area contributed by atoms with Crippen LogP contribution in [0.1, 0.15) is 27.2 Å². The summed E-state index contributed by atoms with van der Waals surface area (Å²) in [5.74, 6) is -0.329. The smallest absolute Gasteiger partial charge is 0.356 e. The molecule has 0 bridgehead atoms. The van der Waals surface area contributed by atoms with Crippen LogP contribution in [0.5, 0.6) is 0 Å². The van der Waals surface area contributed by atoms with Crippen LogP contribution >= 0.6 is 7.60 Å². The van der Waals surface area contributed by atoms with Crippen molar-refractivity contribution in [1.82, 2.24) is 0 Å². The van der Waals surface area contributed by atoms with Crippen LogP contribution in [-0.2, 0) is 27.9 Å². The SMILES string of the molecule is CCOP(=O)(COC1C=CC(OC(C)=O)C1)OCC. The molecule has 0 saturated heterocycles. The van der Waals surface area contributed by atoms with Crippen molar-refractivity contribution in [2.24, 2.45) is 0 Å². The first kappa shape index (κ1) is 16.4. The third-order valence-corrected chi connectivity index (χ3v) is 4.19. The molecule has 0 heterocycles. The second kappa shape index (κ2) is 7.80. The van der Waals surface area contributed by atoms with E-state index in [4.69, 9.17) is 18.5 Å². The van der Waals surface area contributed by atoms with Gasteiger partial charge >= 0.3 is 13.6 Å². The van der Waals surface area contributed by atoms with E-state index in [9.17, 15) is 9.36 Å². The van der Waals surface area contributed by atoms with Gasteiger partial charge in [0.2, 0.25) is 0 Å². The number of carbonyl (C=O) groups excluding carboxylic acids is 1. The minimum Gasteiger partial charge on any atom is -0.458 e. The molecular weight excluding hydrogens is 271 g/mol. The van der Waals surface area contributed by atoms with E-state index in [2.05, 4.69) is 0 Å². The first-order valence-corrected chi connectivity index (χ1v) is 8.07. The van der Waals surface area contributed by atoms with Crippen LogP contribution in [-0.4, -0.2) is 37.7 Å². The van der Waals surface area contributed by atoms with Gasteiger partial charge in [-0.1, -0.05) is 6.08 Å². The molecule has 0 aromatic rings. The Morgan fingerprint density at radius 1 is 1.21 bits per heavy atom. The fourth-order valence-electron chi connectivity index (χ4n) is 1.75. The van der Waals surface area contributed by atoms with Gasteiger partial charge in [-0.15, -0.1) is 0 Å². The number of carbonyl (C=O) groups is 1. The number of ether oxygens (including phenoxy) is 2. The maximum atomic E-state index is 12.2. The highest BCUT2D eigenvalue weighted by Gasteiger charge is 2.28. The van der Waals surface area contributed by atoms with E-state index >= 15 is 0 Å². The topological polar surface area (TPSA) is 71.1 Å². The average molecular weight is 292 g/mol. The normalized spacial score (nSPS) is 22.7. The third kappa shape index (κ3) is 5.87. The van der Waals surface area contributed by atoms with E-state index in [1.54, 1.807) is 26.0 Å². The number of esters is 1. The summed E-state index contributed by atoms with van der Waals surface area (Å²) >= 11 is 0. The van der Waals surface area contributed by atoms with E-state index in [0.717, 1.165) is 0 Å². The minimum atomic E-state index is -3.18. The highest BCUT2D eigenvalue weighted by molar-refractivity contribution is 7.53. The van der Waals surface area contributed by atoms with Crippen molar-refractivity contribution < 1.29 is 27.9 Å². The van der Waals surface area contributed by atoms with E-state index in [-0.39, 0.29) is 24.5 Å². The molecule has 0 fully saturated rings. The number of hydrogen-bond acceptors (Lipinski definition) is 6. The van der Waals surface area contributed by atoms with E-state index < -0.39 is 7.60 Å². The van der Waals surface area contributed by atoms with Crippen molar-refractivity contribution >= 4 is 13.6 Å². The van der Waals surface area contributed by atoms with Crippen molar-refractivity contribution in [2.45, 2.75) is 39.4 Å². The lowest BCUT2D eigenvalue weighted by Crippen LogP contribution is -2.17. The molecule has 0 radical (unpaired) electrons. The second-order valence-electron chi connectivity index (χ2n) is 4.05. The molecule has 1 rings (SSSR count). The standard InChI is InChI=1S/C12H21O6P/c1-4-16-19(14,17-5-2)9-15-11-6-7-12(8-11)18-10(3)13/h6-7,11-12H,4-5,8-9H2,1-3H3. The lowest BCUT2D eigenvalue weighted by molar-refractivity contribution is -0.144. The summed E-state index contributed by atoms with van der Waals surface area (Å²) in [5.41, 5.74) is 0. The van der Waals surface area contributed by atoms with Crippen LogP contribution in [0, 0.1) is 0 Å². The zero-order chi connectivity index (χ0) is 14.3. The fourth-order valence-corrected chi connectivity index (χ4v) is 3.13. The molecule has 1 aliphatic carbocycles. The minimum absolute atomic E-state index is 0.101. The van der Waals surface area contributed by atoms with Crippen LogP contribution in [0.15, 0.2) is 12.2 Å². The van der Waals surface area contributed by atoms with Gasteiger partial charge < -0.3 is 18.5 Å². The summed E-state index contributed by atoms with van der Waals surface area (Å²) in [7, 11) is -3.18. The molecule has 0 saturated carbocycles. The Kier molecular flexibility index (Phi) is 6.72. The summed E-state index contributed by atoms with van der Waals surface area (Å²) in [6.45, 7) is 5.46. The van der Waals surface area contributed by atoms with Gasteiger partial charge in [0.15, 0.2) is 0 Å². The van der Waals surface area contributed by atoms with Gasteiger partial charge in [-0.2, -0.15) is 0 Å². The molecule has 2 unspecified atom stereocenters. The van der Waals surface area contributed by atoms with E-state index in [0.29, 0.717) is 19.6 Å². The summed E-state index contributed by atoms with van der Waals surface area (Å²) in [5, 5.41) is 0. The molecule has 7 heteroatoms. The van der Waals surface area contributed by atoms with Gasteiger partial charge in [-0.25, -0.2) is 0 Å². The summed E-state index contributed by atoms with van der Waals surface area (Å²) in [4.78, 5) is 10.8. The summed E-state index contributed by atoms with van der Waals surface area (Å²) in [6, 6.07) is 0. The maximum absolute atomic E-state index is 12.2. The quantitative estimate of drug-likeness (QED) is 0.389. The zero-order valence-corrected chi connectivity index (χ0v) is 12.4. The van der Waals surface area contributed by atoms with Gasteiger partial charge in [0, 0.05) is 13.3 Å². The predicted octanol–water partition coefficient (Wildman–Crippen LogP) is 2.49. The third-order valence-electron chi connectivity index (χ3n) is 2.42. The lowest BCUT2D eigenvalue weighted by atomic mass is 10.3. The first-order chi connectivity index (χ1) is 8.99. The molecule has 2 atom stereocenters. The summed E-state index contributed by atoms with van der Waals surface area (Å²) < 4.78 is 32.9. The molecule has 0 aromatic carbocycles. The van der Waals surface area contributed by atoms with Crippen LogP contribution in [0.4, 0.5) is 0 Å². The van der Waals surface area contributed by atoms with Crippen molar-refractivity contribution in [3.63, 3.8) is 0 Å². The van der Waals surface area contributed by atoms with Gasteiger partial charge in [0.1, 0.15) is 12.5 Å². The molecule has 19 heavy (non-hydrogen) atoms. The average Bonchev–Trinajstić information content (AvgIpc) is 2.74. The molecular formula is C12H21O6P. The largest absolute Gasteiger partial charge is 0.458 e. The highest BCUT2D eigenvalue weighted by Crippen LogP contribution is 2.48. The molecule has 6 nitrogen and oxygen atoms in total. The Balaban J connectivity index is 2.38. The Bertz CT molecular complexity index is 357. The number of rotatable bonds is 8. The molecule has 0 aromatic heterocycles. The second-order valence-corrected chi connectivity index (χ2v) is 6.05. The molecule has 1 aliphatic rings. The van der Waals surface area contributed by atoms with Gasteiger partial charge in [-0.3, -0.25) is 9.36 Å². The molecule has 0 aliphatic heterocycles. The maximum Gasteiger partial charge on any atom is 0.356 e. The van der Waals surface area contributed by atoms with Gasteiger partial charge in [-0.05, 0) is 19.9 Å². The molecule has 110 valence electrons. The predicted molar refractivity (Wildman–Crippen MR) is 69.9 cm³/mol. The Labute approximate surface area is 113 Å². The highest BCUT2D eigenvalue weighted by atomic mass is 31.2.